The summed E-state index contributed by atoms with van der Waals surface area (Å²) in [7, 11) is 0. The Kier molecular flexibility index (Phi) is 6.65. The molecule has 108 valence electrons. The van der Waals surface area contributed by atoms with E-state index in [1.165, 1.54) is 32.4 Å². The normalized spacial score (nSPS) is 28.0. The van der Waals surface area contributed by atoms with Gasteiger partial charge in [0.2, 0.25) is 0 Å². The molecule has 0 spiro atoms. The monoisotopic (exact) mass is 254 g/mol. The van der Waals surface area contributed by atoms with Crippen molar-refractivity contribution in [3.63, 3.8) is 0 Å². The fourth-order valence-electron chi connectivity index (χ4n) is 3.46. The zero-order valence-electron chi connectivity index (χ0n) is 13.4. The largest absolute Gasteiger partial charge is 0.311 e. The topological polar surface area (TPSA) is 15.3 Å². The molecule has 3 unspecified atom stereocenters. The van der Waals surface area contributed by atoms with Crippen molar-refractivity contribution in [2.75, 3.05) is 13.1 Å². The molecule has 1 N–H and O–H groups in total. The number of nitrogens with one attached hydrogen (secondary N) is 1. The van der Waals surface area contributed by atoms with Crippen molar-refractivity contribution in [3.8, 4) is 0 Å². The van der Waals surface area contributed by atoms with Crippen LogP contribution in [0.2, 0.25) is 0 Å². The first-order valence-electron chi connectivity index (χ1n) is 8.04. The maximum atomic E-state index is 3.72. The summed E-state index contributed by atoms with van der Waals surface area (Å²) >= 11 is 0. The summed E-state index contributed by atoms with van der Waals surface area (Å²) in [6, 6.07) is 2.13. The van der Waals surface area contributed by atoms with E-state index in [2.05, 4.69) is 51.8 Å². The molecule has 1 fully saturated rings. The van der Waals surface area contributed by atoms with Crippen molar-refractivity contribution in [3.05, 3.63) is 0 Å². The maximum Gasteiger partial charge on any atom is 0.0247 e. The summed E-state index contributed by atoms with van der Waals surface area (Å²) in [4.78, 5) is 2.80. The standard InChI is InChI=1S/C16H34N2/c1-7-14(8-2)13(6)18-11-15(9-3)17-10-16(18)12(4)5/h12-17H,7-11H2,1-6H3. The van der Waals surface area contributed by atoms with Gasteiger partial charge in [-0.1, -0.05) is 47.5 Å². The van der Waals surface area contributed by atoms with E-state index in [9.17, 15) is 0 Å². The van der Waals surface area contributed by atoms with Gasteiger partial charge >= 0.3 is 0 Å². The molecule has 0 aromatic heterocycles. The van der Waals surface area contributed by atoms with E-state index in [1.54, 1.807) is 0 Å². The van der Waals surface area contributed by atoms with Crippen LogP contribution >= 0.6 is 0 Å². The molecule has 0 aromatic carbocycles. The van der Waals surface area contributed by atoms with Crippen LogP contribution in [0.15, 0.2) is 0 Å². The Bertz CT molecular complexity index is 223. The van der Waals surface area contributed by atoms with Crippen molar-refractivity contribution in [2.24, 2.45) is 11.8 Å². The first-order valence-corrected chi connectivity index (χ1v) is 8.04. The smallest absolute Gasteiger partial charge is 0.0247 e. The van der Waals surface area contributed by atoms with Crippen LogP contribution in [0, 0.1) is 11.8 Å². The molecule has 0 aliphatic carbocycles. The van der Waals surface area contributed by atoms with Crippen LogP contribution in [0.4, 0.5) is 0 Å². The summed E-state index contributed by atoms with van der Waals surface area (Å²) in [5.74, 6) is 1.59. The van der Waals surface area contributed by atoms with Gasteiger partial charge in [-0.2, -0.15) is 0 Å². The van der Waals surface area contributed by atoms with Crippen molar-refractivity contribution < 1.29 is 0 Å². The van der Waals surface area contributed by atoms with Crippen molar-refractivity contribution in [1.29, 1.82) is 0 Å². The maximum absolute atomic E-state index is 3.72. The first kappa shape index (κ1) is 16.0. The van der Waals surface area contributed by atoms with Crippen LogP contribution in [0.25, 0.3) is 0 Å². The highest BCUT2D eigenvalue weighted by atomic mass is 15.3. The lowest BCUT2D eigenvalue weighted by molar-refractivity contribution is 0.0345. The van der Waals surface area contributed by atoms with Crippen LogP contribution in [0.5, 0.6) is 0 Å². The fourth-order valence-corrected chi connectivity index (χ4v) is 3.46. The summed E-state index contributed by atoms with van der Waals surface area (Å²) in [6.45, 7) is 16.6. The predicted molar refractivity (Wildman–Crippen MR) is 80.9 cm³/mol. The van der Waals surface area contributed by atoms with E-state index in [0.29, 0.717) is 12.1 Å². The van der Waals surface area contributed by atoms with E-state index in [-0.39, 0.29) is 0 Å². The SMILES string of the molecule is CCC1CN(C(C)C(CC)CC)C(C(C)C)CN1. The molecule has 0 aromatic rings. The van der Waals surface area contributed by atoms with Gasteiger partial charge in [-0.15, -0.1) is 0 Å². The Morgan fingerprint density at radius 3 is 2.17 bits per heavy atom. The average molecular weight is 254 g/mol. The van der Waals surface area contributed by atoms with Gasteiger partial charge in [0.1, 0.15) is 0 Å². The molecule has 1 rings (SSSR count). The van der Waals surface area contributed by atoms with Gasteiger partial charge in [0.05, 0.1) is 0 Å². The Labute approximate surface area is 115 Å². The summed E-state index contributed by atoms with van der Waals surface area (Å²) in [5, 5.41) is 3.72. The number of nitrogens with zero attached hydrogens (tertiary/aromatic N) is 1. The predicted octanol–water partition coefficient (Wildman–Crippen LogP) is 3.52. The molecule has 1 aliphatic heterocycles. The van der Waals surface area contributed by atoms with E-state index < -0.39 is 0 Å². The van der Waals surface area contributed by atoms with E-state index in [1.807, 2.05) is 0 Å². The number of hydrogen-bond acceptors (Lipinski definition) is 2. The molecular weight excluding hydrogens is 220 g/mol. The van der Waals surface area contributed by atoms with E-state index in [4.69, 9.17) is 0 Å². The minimum atomic E-state index is 0.691. The second kappa shape index (κ2) is 7.49. The van der Waals surface area contributed by atoms with E-state index in [0.717, 1.165) is 17.9 Å². The summed E-state index contributed by atoms with van der Waals surface area (Å²) in [5.41, 5.74) is 0. The second-order valence-corrected chi connectivity index (χ2v) is 6.34. The van der Waals surface area contributed by atoms with Crippen LogP contribution < -0.4 is 5.32 Å². The van der Waals surface area contributed by atoms with Crippen LogP contribution in [0.1, 0.15) is 60.8 Å². The lowest BCUT2D eigenvalue weighted by Crippen LogP contribution is -2.61. The molecule has 3 atom stereocenters. The molecule has 1 aliphatic rings. The second-order valence-electron chi connectivity index (χ2n) is 6.34. The van der Waals surface area contributed by atoms with Gasteiger partial charge in [-0.05, 0) is 25.2 Å². The summed E-state index contributed by atoms with van der Waals surface area (Å²) < 4.78 is 0. The number of rotatable bonds is 6. The minimum absolute atomic E-state index is 0.691. The number of piperazine rings is 1. The van der Waals surface area contributed by atoms with Crippen molar-refractivity contribution in [2.45, 2.75) is 78.9 Å². The molecular formula is C16H34N2. The Hall–Kier alpha value is -0.0800. The first-order chi connectivity index (χ1) is 8.54. The average Bonchev–Trinajstić information content (AvgIpc) is 2.39. The Morgan fingerprint density at radius 2 is 1.72 bits per heavy atom. The fraction of sp³-hybridized carbons (Fsp3) is 1.00. The third-order valence-corrected chi connectivity index (χ3v) is 4.99. The highest BCUT2D eigenvalue weighted by Crippen LogP contribution is 2.25. The zero-order chi connectivity index (χ0) is 13.7. The van der Waals surface area contributed by atoms with Gasteiger partial charge in [0.25, 0.3) is 0 Å². The Balaban J connectivity index is 2.76. The van der Waals surface area contributed by atoms with E-state index >= 15 is 0 Å². The molecule has 2 heteroatoms. The van der Waals surface area contributed by atoms with Crippen molar-refractivity contribution >= 4 is 0 Å². The van der Waals surface area contributed by atoms with Gasteiger partial charge in [0.15, 0.2) is 0 Å². The zero-order valence-corrected chi connectivity index (χ0v) is 13.4. The third kappa shape index (κ3) is 3.71. The summed E-state index contributed by atoms with van der Waals surface area (Å²) in [6.07, 6.45) is 3.86. The molecule has 1 saturated heterocycles. The van der Waals surface area contributed by atoms with Crippen molar-refractivity contribution in [1.82, 2.24) is 10.2 Å². The quantitative estimate of drug-likeness (QED) is 0.780. The molecule has 0 amide bonds. The lowest BCUT2D eigenvalue weighted by Gasteiger charge is -2.47. The molecule has 2 nitrogen and oxygen atoms in total. The third-order valence-electron chi connectivity index (χ3n) is 4.99. The molecule has 18 heavy (non-hydrogen) atoms. The highest BCUT2D eigenvalue weighted by molar-refractivity contribution is 4.91. The van der Waals surface area contributed by atoms with Gasteiger partial charge < -0.3 is 5.32 Å². The molecule has 0 bridgehead atoms. The number of hydrogen-bond donors (Lipinski definition) is 1. The minimum Gasteiger partial charge on any atom is -0.311 e. The van der Waals surface area contributed by atoms with Gasteiger partial charge in [-0.25, -0.2) is 0 Å². The molecule has 1 heterocycles. The lowest BCUT2D eigenvalue weighted by atomic mass is 9.89. The highest BCUT2D eigenvalue weighted by Gasteiger charge is 2.34. The van der Waals surface area contributed by atoms with Crippen LogP contribution in [-0.4, -0.2) is 36.1 Å². The van der Waals surface area contributed by atoms with Crippen LogP contribution in [-0.2, 0) is 0 Å². The van der Waals surface area contributed by atoms with Gasteiger partial charge in [0, 0.05) is 31.2 Å². The Morgan fingerprint density at radius 1 is 1.11 bits per heavy atom. The molecule has 0 saturated carbocycles. The van der Waals surface area contributed by atoms with Crippen LogP contribution in [0.3, 0.4) is 0 Å². The molecule has 0 radical (unpaired) electrons. The van der Waals surface area contributed by atoms with Gasteiger partial charge in [-0.3, -0.25) is 4.90 Å².